The van der Waals surface area contributed by atoms with E-state index >= 15 is 0 Å². The van der Waals surface area contributed by atoms with Crippen molar-refractivity contribution in [1.82, 2.24) is 19.7 Å². The maximum absolute atomic E-state index is 13.3. The largest absolute Gasteiger partial charge is 0.449 e. The molecule has 1 heterocycles. The molecule has 1 amide bonds. The lowest BCUT2D eigenvalue weighted by molar-refractivity contribution is -0.118. The fourth-order valence-electron chi connectivity index (χ4n) is 5.73. The van der Waals surface area contributed by atoms with Crippen molar-refractivity contribution in [2.24, 2.45) is 11.8 Å². The number of hydrogen-bond donors (Lipinski definition) is 0. The van der Waals surface area contributed by atoms with Crippen LogP contribution in [0.25, 0.3) is 0 Å². The molecule has 0 N–H and O–H groups in total. The Kier molecular flexibility index (Phi) is 8.71. The molecule has 0 saturated heterocycles. The number of aromatic nitrogens is 3. The van der Waals surface area contributed by atoms with E-state index in [0.29, 0.717) is 31.2 Å². The van der Waals surface area contributed by atoms with Crippen molar-refractivity contribution in [3.63, 3.8) is 0 Å². The Balaban J connectivity index is 1.51. The molecular weight excluding hydrogens is 464 g/mol. The van der Waals surface area contributed by atoms with Gasteiger partial charge in [-0.2, -0.15) is 0 Å². The minimum absolute atomic E-state index is 0.124. The van der Waals surface area contributed by atoms with Crippen molar-refractivity contribution in [2.75, 3.05) is 20.7 Å². The van der Waals surface area contributed by atoms with E-state index in [1.54, 1.807) is 14.1 Å². The van der Waals surface area contributed by atoms with Gasteiger partial charge in [-0.15, -0.1) is 10.2 Å². The number of Topliss-reactive ketones (excluding diaryl/α,β-unsaturated/α-hetero) is 1. The monoisotopic (exact) mass is 508 g/mol. The Morgan fingerprint density at radius 2 is 1.86 bits per heavy atom. The Bertz CT molecular complexity index is 1100. The van der Waals surface area contributed by atoms with Gasteiger partial charge in [0.15, 0.2) is 0 Å². The summed E-state index contributed by atoms with van der Waals surface area (Å²) >= 11 is 0. The van der Waals surface area contributed by atoms with Crippen LogP contribution in [0.15, 0.2) is 18.2 Å². The maximum Gasteiger partial charge on any atom is 0.409 e. The third kappa shape index (κ3) is 6.99. The summed E-state index contributed by atoms with van der Waals surface area (Å²) in [7, 11) is 3.35. The molecule has 7 heteroatoms. The summed E-state index contributed by atoms with van der Waals surface area (Å²) < 4.78 is 7.82. The van der Waals surface area contributed by atoms with Crippen LogP contribution in [0.2, 0.25) is 0 Å². The molecule has 0 radical (unpaired) electrons. The molecule has 2 aliphatic rings. The van der Waals surface area contributed by atoms with Crippen molar-refractivity contribution >= 4 is 11.9 Å². The number of ether oxygens (including phenoxy) is 1. The second-order valence-corrected chi connectivity index (χ2v) is 12.0. The van der Waals surface area contributed by atoms with E-state index in [0.717, 1.165) is 47.5 Å². The second kappa shape index (κ2) is 11.8. The maximum atomic E-state index is 13.3. The van der Waals surface area contributed by atoms with Crippen LogP contribution >= 0.6 is 0 Å². The fraction of sp³-hybridized carbons (Fsp3) is 0.667. The van der Waals surface area contributed by atoms with Gasteiger partial charge >= 0.3 is 6.09 Å². The topological polar surface area (TPSA) is 77.3 Å². The summed E-state index contributed by atoms with van der Waals surface area (Å²) in [5.41, 5.74) is 3.42. The van der Waals surface area contributed by atoms with Gasteiger partial charge < -0.3 is 14.2 Å². The van der Waals surface area contributed by atoms with Crippen molar-refractivity contribution in [1.29, 1.82) is 0 Å². The lowest BCUT2D eigenvalue weighted by Gasteiger charge is -2.36. The molecule has 0 aliphatic heterocycles. The van der Waals surface area contributed by atoms with E-state index in [-0.39, 0.29) is 24.4 Å². The van der Waals surface area contributed by atoms with Crippen molar-refractivity contribution in [3.05, 3.63) is 46.5 Å². The summed E-state index contributed by atoms with van der Waals surface area (Å²) in [5, 5.41) is 9.40. The fourth-order valence-corrected chi connectivity index (χ4v) is 5.73. The van der Waals surface area contributed by atoms with E-state index in [4.69, 9.17) is 14.9 Å². The zero-order valence-corrected chi connectivity index (χ0v) is 23.5. The average molecular weight is 509 g/mol. The number of nitrogens with zero attached hydrogens (tertiary/aromatic N) is 4. The highest BCUT2D eigenvalue weighted by Gasteiger charge is 2.39. The Morgan fingerprint density at radius 1 is 1.14 bits per heavy atom. The van der Waals surface area contributed by atoms with Crippen LogP contribution in [-0.2, 0) is 16.0 Å². The van der Waals surface area contributed by atoms with Crippen LogP contribution in [0.4, 0.5) is 4.79 Å². The number of benzene rings is 1. The molecule has 7 nitrogen and oxygen atoms in total. The number of ketones is 1. The van der Waals surface area contributed by atoms with Gasteiger partial charge in [-0.05, 0) is 75.3 Å². The standard InChI is InChI=1S/C30H44N4O3/c1-19(2)13-22-15-25(16-22)29-32-31-28(34(29)26-9-10-26)24(11-12-37-30(36)33(5)6)18-27(35)17-23-8-7-20(3)14-21(23)4/h7-8,14,19,22,24-26H,9-13,15-18H2,1-6H3. The number of hydrogen-bond acceptors (Lipinski definition) is 5. The van der Waals surface area contributed by atoms with Gasteiger partial charge in [-0.1, -0.05) is 37.6 Å². The molecule has 1 aromatic carbocycles. The normalized spacial score (nSPS) is 20.0. The highest BCUT2D eigenvalue weighted by atomic mass is 16.6. The number of rotatable bonds is 12. The summed E-state index contributed by atoms with van der Waals surface area (Å²) in [4.78, 5) is 26.8. The summed E-state index contributed by atoms with van der Waals surface area (Å²) in [6, 6.07) is 6.69. The summed E-state index contributed by atoms with van der Waals surface area (Å²) in [6.45, 7) is 8.97. The third-order valence-electron chi connectivity index (χ3n) is 7.85. The highest BCUT2D eigenvalue weighted by molar-refractivity contribution is 5.82. The first-order chi connectivity index (χ1) is 17.6. The van der Waals surface area contributed by atoms with Crippen molar-refractivity contribution < 1.29 is 14.3 Å². The number of carbonyl (C=O) groups excluding carboxylic acids is 2. The molecule has 2 aliphatic carbocycles. The second-order valence-electron chi connectivity index (χ2n) is 12.0. The van der Waals surface area contributed by atoms with Crippen LogP contribution in [0, 0.1) is 25.7 Å². The Labute approximate surface area is 222 Å². The lowest BCUT2D eigenvalue weighted by atomic mass is 9.71. The van der Waals surface area contributed by atoms with Gasteiger partial charge in [0.25, 0.3) is 0 Å². The molecule has 1 aromatic heterocycles. The van der Waals surface area contributed by atoms with Gasteiger partial charge in [0.2, 0.25) is 0 Å². The number of amides is 1. The first-order valence-electron chi connectivity index (χ1n) is 14.0. The van der Waals surface area contributed by atoms with Crippen LogP contribution < -0.4 is 0 Å². The predicted octanol–water partition coefficient (Wildman–Crippen LogP) is 6.14. The van der Waals surface area contributed by atoms with E-state index in [1.165, 1.54) is 29.7 Å². The highest BCUT2D eigenvalue weighted by Crippen LogP contribution is 2.48. The van der Waals surface area contributed by atoms with E-state index in [2.05, 4.69) is 50.5 Å². The minimum atomic E-state index is -0.365. The zero-order chi connectivity index (χ0) is 26.7. The molecule has 2 fully saturated rings. The van der Waals surface area contributed by atoms with Crippen LogP contribution in [0.1, 0.15) is 105 Å². The lowest BCUT2D eigenvalue weighted by Crippen LogP contribution is -2.27. The Morgan fingerprint density at radius 3 is 2.49 bits per heavy atom. The number of carbonyl (C=O) groups is 2. The van der Waals surface area contributed by atoms with E-state index < -0.39 is 0 Å². The SMILES string of the molecule is Cc1ccc(CC(=O)CC(CCOC(=O)N(C)C)c2nnc(C3CC(CC(C)C)C3)n2C2CC2)c(C)c1. The number of aryl methyl sites for hydroxylation is 2. The average Bonchev–Trinajstić information content (AvgIpc) is 3.55. The van der Waals surface area contributed by atoms with Crippen molar-refractivity contribution in [3.8, 4) is 0 Å². The molecule has 2 saturated carbocycles. The molecule has 202 valence electrons. The molecular formula is C30H44N4O3. The molecule has 0 bridgehead atoms. The first-order valence-corrected chi connectivity index (χ1v) is 14.0. The quantitative estimate of drug-likeness (QED) is 0.344. The summed E-state index contributed by atoms with van der Waals surface area (Å²) in [5.74, 6) is 4.03. The van der Waals surface area contributed by atoms with Gasteiger partial charge in [0.1, 0.15) is 17.4 Å². The van der Waals surface area contributed by atoms with Crippen molar-refractivity contribution in [2.45, 2.75) is 96.9 Å². The van der Waals surface area contributed by atoms with Crippen LogP contribution in [0.5, 0.6) is 0 Å². The minimum Gasteiger partial charge on any atom is -0.449 e. The van der Waals surface area contributed by atoms with Gasteiger partial charge in [-0.3, -0.25) is 4.79 Å². The third-order valence-corrected chi connectivity index (χ3v) is 7.85. The smallest absolute Gasteiger partial charge is 0.409 e. The Hall–Kier alpha value is -2.70. The first kappa shape index (κ1) is 27.3. The van der Waals surface area contributed by atoms with Crippen LogP contribution in [0.3, 0.4) is 0 Å². The van der Waals surface area contributed by atoms with Crippen LogP contribution in [-0.4, -0.2) is 52.2 Å². The van der Waals surface area contributed by atoms with E-state index in [1.807, 2.05) is 0 Å². The molecule has 1 unspecified atom stereocenters. The van der Waals surface area contributed by atoms with Gasteiger partial charge in [0.05, 0.1) is 6.61 Å². The summed E-state index contributed by atoms with van der Waals surface area (Å²) in [6.07, 6.45) is 6.88. The van der Waals surface area contributed by atoms with Gasteiger partial charge in [0, 0.05) is 44.8 Å². The molecule has 4 rings (SSSR count). The van der Waals surface area contributed by atoms with Gasteiger partial charge in [-0.25, -0.2) is 4.79 Å². The molecule has 2 aromatic rings. The molecule has 37 heavy (non-hydrogen) atoms. The zero-order valence-electron chi connectivity index (χ0n) is 23.5. The molecule has 1 atom stereocenters. The molecule has 0 spiro atoms. The predicted molar refractivity (Wildman–Crippen MR) is 145 cm³/mol. The van der Waals surface area contributed by atoms with E-state index in [9.17, 15) is 9.59 Å².